The number of nitrogens with one attached hydrogen (secondary N) is 1. The molecule has 0 amide bonds. The number of unbranched alkanes of at least 4 members (excludes halogenated alkanes) is 2. The highest BCUT2D eigenvalue weighted by Gasteiger charge is 2.19. The third kappa shape index (κ3) is 13.2. The van der Waals surface area contributed by atoms with Gasteiger partial charge in [-0.25, -0.2) is 0 Å². The quantitative estimate of drug-likeness (QED) is 0.116. The predicted octanol–water partition coefficient (Wildman–Crippen LogP) is 7.09. The van der Waals surface area contributed by atoms with Crippen LogP contribution in [-0.4, -0.2) is 35.9 Å². The van der Waals surface area contributed by atoms with E-state index in [0.29, 0.717) is 5.56 Å². The molecule has 7 heteroatoms. The molecule has 0 unspecified atom stereocenters. The first kappa shape index (κ1) is 33.0. The third-order valence-electron chi connectivity index (χ3n) is 5.94. The molecule has 0 bridgehead atoms. The van der Waals surface area contributed by atoms with Gasteiger partial charge in [-0.2, -0.15) is 0 Å². The third-order valence-corrected chi connectivity index (χ3v) is 5.94. The van der Waals surface area contributed by atoms with Crippen LogP contribution in [0.25, 0.3) is 0 Å². The van der Waals surface area contributed by atoms with Gasteiger partial charge in [0.25, 0.3) is 0 Å². The number of esters is 2. The van der Waals surface area contributed by atoms with Crippen molar-refractivity contribution in [1.82, 2.24) is 5.32 Å². The van der Waals surface area contributed by atoms with Crippen LogP contribution in [0.5, 0.6) is 17.2 Å². The SMILES string of the molecule is CC(C)Oc1ccc(CC(=O)Oc2cc(C(=O)CNC(C)(C)C)ccc2OC(=O)CCCCCC(C)(C)C)cc1. The van der Waals surface area contributed by atoms with Gasteiger partial charge in [-0.1, -0.05) is 45.7 Å². The van der Waals surface area contributed by atoms with Gasteiger partial charge < -0.3 is 19.5 Å². The van der Waals surface area contributed by atoms with E-state index < -0.39 is 11.9 Å². The zero-order chi connectivity index (χ0) is 29.9. The number of hydrogen-bond donors (Lipinski definition) is 1. The van der Waals surface area contributed by atoms with Crippen LogP contribution < -0.4 is 19.5 Å². The highest BCUT2D eigenvalue weighted by molar-refractivity contribution is 5.98. The second-order valence-corrected chi connectivity index (χ2v) is 12.7. The Morgan fingerprint density at radius 1 is 0.800 bits per heavy atom. The number of benzene rings is 2. The summed E-state index contributed by atoms with van der Waals surface area (Å²) >= 11 is 0. The lowest BCUT2D eigenvalue weighted by Crippen LogP contribution is -2.39. The van der Waals surface area contributed by atoms with Gasteiger partial charge in [0, 0.05) is 17.5 Å². The number of carbonyl (C=O) groups excluding carboxylic acids is 3. The highest BCUT2D eigenvalue weighted by atomic mass is 16.6. The van der Waals surface area contributed by atoms with Gasteiger partial charge >= 0.3 is 11.9 Å². The van der Waals surface area contributed by atoms with Crippen molar-refractivity contribution >= 4 is 17.7 Å². The van der Waals surface area contributed by atoms with Gasteiger partial charge in [0.15, 0.2) is 17.3 Å². The Bertz CT molecular complexity index is 1120. The molecular formula is C33H47NO6. The van der Waals surface area contributed by atoms with Crippen molar-refractivity contribution in [1.29, 1.82) is 0 Å². The molecule has 7 nitrogen and oxygen atoms in total. The molecule has 0 fully saturated rings. The maximum absolute atomic E-state index is 12.9. The molecule has 0 aliphatic heterocycles. The molecule has 0 aliphatic carbocycles. The summed E-state index contributed by atoms with van der Waals surface area (Å²) in [7, 11) is 0. The van der Waals surface area contributed by atoms with Crippen LogP contribution in [-0.2, 0) is 16.0 Å². The maximum Gasteiger partial charge on any atom is 0.315 e. The monoisotopic (exact) mass is 553 g/mol. The normalized spacial score (nSPS) is 11.8. The van der Waals surface area contributed by atoms with Crippen molar-refractivity contribution in [2.45, 2.75) is 106 Å². The van der Waals surface area contributed by atoms with E-state index in [9.17, 15) is 14.4 Å². The minimum absolute atomic E-state index is 0.00682. The Kier molecular flexibility index (Phi) is 12.4. The van der Waals surface area contributed by atoms with Crippen LogP contribution in [0.3, 0.4) is 0 Å². The van der Waals surface area contributed by atoms with Crippen LogP contribution in [0.4, 0.5) is 0 Å². The fourth-order valence-corrected chi connectivity index (χ4v) is 3.85. The number of carbonyl (C=O) groups is 3. The molecule has 0 saturated heterocycles. The van der Waals surface area contributed by atoms with E-state index in [-0.39, 0.29) is 53.7 Å². The largest absolute Gasteiger partial charge is 0.491 e. The Morgan fingerprint density at radius 2 is 1.45 bits per heavy atom. The van der Waals surface area contributed by atoms with E-state index in [1.54, 1.807) is 30.3 Å². The van der Waals surface area contributed by atoms with Crippen molar-refractivity contribution in [3.05, 3.63) is 53.6 Å². The van der Waals surface area contributed by atoms with Gasteiger partial charge in [-0.05, 0) is 88.8 Å². The van der Waals surface area contributed by atoms with Crippen molar-refractivity contribution < 1.29 is 28.6 Å². The standard InChI is InChI=1S/C33H47NO6/c1-23(2)38-26-16-13-24(14-17-26)20-31(37)40-29-21-25(27(35)22-34-33(6,7)8)15-18-28(29)39-30(36)12-10-9-11-19-32(3,4)5/h13-18,21,23,34H,9-12,19-20,22H2,1-8H3. The molecule has 0 atom stereocenters. The van der Waals surface area contributed by atoms with E-state index in [2.05, 4.69) is 26.1 Å². The summed E-state index contributed by atoms with van der Waals surface area (Å²) in [5.74, 6) is -0.210. The number of rotatable bonds is 14. The predicted molar refractivity (Wildman–Crippen MR) is 158 cm³/mol. The molecule has 1 N–H and O–H groups in total. The fourth-order valence-electron chi connectivity index (χ4n) is 3.85. The lowest BCUT2D eigenvalue weighted by molar-refractivity contribution is -0.136. The van der Waals surface area contributed by atoms with Gasteiger partial charge in [-0.3, -0.25) is 14.4 Å². The molecule has 0 radical (unpaired) electrons. The summed E-state index contributed by atoms with van der Waals surface area (Å²) in [5, 5.41) is 3.17. The fraction of sp³-hybridized carbons (Fsp3) is 0.545. The van der Waals surface area contributed by atoms with Crippen molar-refractivity contribution in [2.75, 3.05) is 6.54 Å². The first-order valence-corrected chi connectivity index (χ1v) is 14.2. The van der Waals surface area contributed by atoms with Gasteiger partial charge in [0.05, 0.1) is 19.1 Å². The average Bonchev–Trinajstić information content (AvgIpc) is 2.83. The average molecular weight is 554 g/mol. The molecule has 2 aromatic rings. The van der Waals surface area contributed by atoms with Crippen LogP contribution >= 0.6 is 0 Å². The Balaban J connectivity index is 2.11. The van der Waals surface area contributed by atoms with Gasteiger partial charge in [-0.15, -0.1) is 0 Å². The van der Waals surface area contributed by atoms with Crippen LogP contribution in [0.15, 0.2) is 42.5 Å². The molecule has 0 heterocycles. The van der Waals surface area contributed by atoms with E-state index in [0.717, 1.165) is 37.0 Å². The van der Waals surface area contributed by atoms with Crippen LogP contribution in [0.2, 0.25) is 0 Å². The Labute approximate surface area is 240 Å². The van der Waals surface area contributed by atoms with Crippen LogP contribution in [0, 0.1) is 5.41 Å². The summed E-state index contributed by atoms with van der Waals surface area (Å²) < 4.78 is 16.9. The Morgan fingerprint density at radius 3 is 2.05 bits per heavy atom. The van der Waals surface area contributed by atoms with Gasteiger partial charge in [0.1, 0.15) is 5.75 Å². The summed E-state index contributed by atoms with van der Waals surface area (Å²) in [5.41, 5.74) is 1.14. The van der Waals surface area contributed by atoms with E-state index in [4.69, 9.17) is 14.2 Å². The number of ketones is 1. The first-order chi connectivity index (χ1) is 18.6. The van der Waals surface area contributed by atoms with E-state index in [1.807, 2.05) is 34.6 Å². The van der Waals surface area contributed by atoms with Crippen LogP contribution in [0.1, 0.15) is 103 Å². The zero-order valence-corrected chi connectivity index (χ0v) is 25.5. The molecule has 0 spiro atoms. The number of hydrogen-bond acceptors (Lipinski definition) is 7. The summed E-state index contributed by atoms with van der Waals surface area (Å²) in [6, 6.07) is 11.8. The highest BCUT2D eigenvalue weighted by Crippen LogP contribution is 2.30. The lowest BCUT2D eigenvalue weighted by atomic mass is 9.89. The van der Waals surface area contributed by atoms with Gasteiger partial charge in [0.2, 0.25) is 0 Å². The van der Waals surface area contributed by atoms with Crippen molar-refractivity contribution in [3.63, 3.8) is 0 Å². The minimum Gasteiger partial charge on any atom is -0.491 e. The lowest BCUT2D eigenvalue weighted by Gasteiger charge is -2.20. The summed E-state index contributed by atoms with van der Waals surface area (Å²) in [4.78, 5) is 38.3. The van der Waals surface area contributed by atoms with Crippen molar-refractivity contribution in [3.8, 4) is 17.2 Å². The molecule has 2 rings (SSSR count). The van der Waals surface area contributed by atoms with Crippen molar-refractivity contribution in [2.24, 2.45) is 5.41 Å². The second kappa shape index (κ2) is 15.0. The second-order valence-electron chi connectivity index (χ2n) is 12.7. The number of ether oxygens (including phenoxy) is 3. The maximum atomic E-state index is 12.9. The summed E-state index contributed by atoms with van der Waals surface area (Å²) in [6.45, 7) is 16.5. The smallest absolute Gasteiger partial charge is 0.315 e. The summed E-state index contributed by atoms with van der Waals surface area (Å²) in [6.07, 6.45) is 4.11. The topological polar surface area (TPSA) is 90.9 Å². The molecule has 40 heavy (non-hydrogen) atoms. The molecule has 0 aliphatic rings. The van der Waals surface area contributed by atoms with E-state index >= 15 is 0 Å². The molecule has 0 aromatic heterocycles. The first-order valence-electron chi connectivity index (χ1n) is 14.2. The Hall–Kier alpha value is -3.19. The number of Topliss-reactive ketones (excluding diaryl/α,β-unsaturated/α-hetero) is 1. The van der Waals surface area contributed by atoms with E-state index in [1.165, 1.54) is 12.1 Å². The molecule has 2 aromatic carbocycles. The minimum atomic E-state index is -0.533. The zero-order valence-electron chi connectivity index (χ0n) is 25.5. The molecule has 220 valence electrons. The molecule has 0 saturated carbocycles. The molecular weight excluding hydrogens is 506 g/mol.